The van der Waals surface area contributed by atoms with Gasteiger partial charge in [0.05, 0.1) is 10.7 Å². The van der Waals surface area contributed by atoms with Crippen LogP contribution in [0.2, 0.25) is 0 Å². The molecule has 1 aromatic carbocycles. The lowest BCUT2D eigenvalue weighted by molar-refractivity contribution is 0.482. The molecule has 1 aromatic heterocycles. The molecule has 0 fully saturated rings. The molecule has 1 atom stereocenters. The number of unbranched alkanes of at least 4 members (excludes halogenated alkanes) is 1. The molecule has 114 valence electrons. The summed E-state index contributed by atoms with van der Waals surface area (Å²) >= 11 is 1.69. The van der Waals surface area contributed by atoms with Gasteiger partial charge in [-0.05, 0) is 31.0 Å². The smallest absolute Gasteiger partial charge is 0.123 e. The number of rotatable bonds is 8. The maximum atomic E-state index is 13.1. The number of nitrogens with one attached hydrogen (secondary N) is 1. The summed E-state index contributed by atoms with van der Waals surface area (Å²) in [4.78, 5) is 4.48. The van der Waals surface area contributed by atoms with Crippen LogP contribution in [-0.4, -0.2) is 11.5 Å². The summed E-state index contributed by atoms with van der Waals surface area (Å²) in [7, 11) is 0. The van der Waals surface area contributed by atoms with Crippen LogP contribution in [0.3, 0.4) is 0 Å². The summed E-state index contributed by atoms with van der Waals surface area (Å²) in [6, 6.07) is 7.15. The van der Waals surface area contributed by atoms with Crippen molar-refractivity contribution in [3.8, 4) is 0 Å². The first kappa shape index (κ1) is 16.1. The molecule has 0 spiro atoms. The lowest BCUT2D eigenvalue weighted by Gasteiger charge is -2.19. The molecule has 0 radical (unpaired) electrons. The third-order valence-electron chi connectivity index (χ3n) is 3.56. The van der Waals surface area contributed by atoms with Crippen LogP contribution in [0.5, 0.6) is 0 Å². The van der Waals surface area contributed by atoms with Crippen LogP contribution in [-0.2, 0) is 6.42 Å². The zero-order chi connectivity index (χ0) is 15.1. The first-order valence-electron chi connectivity index (χ1n) is 7.59. The Kier molecular flexibility index (Phi) is 6.33. The fraction of sp³-hybridized carbons (Fsp3) is 0.471. The van der Waals surface area contributed by atoms with E-state index in [-0.39, 0.29) is 5.82 Å². The second-order valence-corrected chi connectivity index (χ2v) is 6.37. The SMILES string of the molecule is CCCCC(NCCc1csc(C)n1)c1ccc(F)cc1. The van der Waals surface area contributed by atoms with Crippen molar-refractivity contribution in [1.29, 1.82) is 0 Å². The zero-order valence-corrected chi connectivity index (χ0v) is 13.5. The molecule has 0 aliphatic heterocycles. The van der Waals surface area contributed by atoms with Crippen LogP contribution in [0.1, 0.15) is 48.5 Å². The molecule has 2 rings (SSSR count). The van der Waals surface area contributed by atoms with E-state index >= 15 is 0 Å². The van der Waals surface area contributed by atoms with Gasteiger partial charge in [-0.1, -0.05) is 31.9 Å². The summed E-state index contributed by atoms with van der Waals surface area (Å²) in [5.41, 5.74) is 2.32. The number of aromatic nitrogens is 1. The molecule has 21 heavy (non-hydrogen) atoms. The summed E-state index contributed by atoms with van der Waals surface area (Å²) < 4.78 is 13.1. The molecular weight excluding hydrogens is 283 g/mol. The highest BCUT2D eigenvalue weighted by atomic mass is 32.1. The van der Waals surface area contributed by atoms with Gasteiger partial charge in [-0.25, -0.2) is 9.37 Å². The second kappa shape index (κ2) is 8.25. The van der Waals surface area contributed by atoms with Crippen LogP contribution in [0, 0.1) is 12.7 Å². The van der Waals surface area contributed by atoms with Gasteiger partial charge in [-0.2, -0.15) is 0 Å². The lowest BCUT2D eigenvalue weighted by Crippen LogP contribution is -2.24. The Morgan fingerprint density at radius 3 is 2.67 bits per heavy atom. The van der Waals surface area contributed by atoms with E-state index in [0.29, 0.717) is 6.04 Å². The number of nitrogens with zero attached hydrogens (tertiary/aromatic N) is 1. The maximum absolute atomic E-state index is 13.1. The number of aryl methyl sites for hydroxylation is 1. The molecule has 0 aliphatic carbocycles. The Labute approximate surface area is 130 Å². The maximum Gasteiger partial charge on any atom is 0.123 e. The van der Waals surface area contributed by atoms with Crippen molar-refractivity contribution in [2.24, 2.45) is 0 Å². The van der Waals surface area contributed by atoms with Crippen molar-refractivity contribution in [2.45, 2.75) is 45.6 Å². The van der Waals surface area contributed by atoms with E-state index in [9.17, 15) is 4.39 Å². The number of benzene rings is 1. The van der Waals surface area contributed by atoms with E-state index in [1.807, 2.05) is 19.1 Å². The Bertz CT molecular complexity index is 536. The van der Waals surface area contributed by atoms with Crippen LogP contribution < -0.4 is 5.32 Å². The standard InChI is InChI=1S/C17H23FN2S/c1-3-4-5-17(14-6-8-15(18)9-7-14)19-11-10-16-12-21-13(2)20-16/h6-9,12,17,19H,3-5,10-11H2,1-2H3. The van der Waals surface area contributed by atoms with Crippen LogP contribution >= 0.6 is 11.3 Å². The largest absolute Gasteiger partial charge is 0.310 e. The van der Waals surface area contributed by atoms with E-state index in [2.05, 4.69) is 22.6 Å². The second-order valence-electron chi connectivity index (χ2n) is 5.31. The number of halogens is 1. The van der Waals surface area contributed by atoms with Gasteiger partial charge in [0, 0.05) is 24.4 Å². The monoisotopic (exact) mass is 306 g/mol. The number of hydrogen-bond donors (Lipinski definition) is 1. The quantitative estimate of drug-likeness (QED) is 0.767. The minimum atomic E-state index is -0.175. The number of thiazole rings is 1. The Morgan fingerprint density at radius 2 is 2.05 bits per heavy atom. The Balaban J connectivity index is 1.91. The van der Waals surface area contributed by atoms with Crippen LogP contribution in [0.25, 0.3) is 0 Å². The summed E-state index contributed by atoms with van der Waals surface area (Å²) in [6.45, 7) is 5.12. The fourth-order valence-corrected chi connectivity index (χ4v) is 3.03. The van der Waals surface area contributed by atoms with Crippen molar-refractivity contribution in [3.63, 3.8) is 0 Å². The van der Waals surface area contributed by atoms with Gasteiger partial charge >= 0.3 is 0 Å². The van der Waals surface area contributed by atoms with Gasteiger partial charge < -0.3 is 5.32 Å². The van der Waals surface area contributed by atoms with Crippen molar-refractivity contribution in [3.05, 3.63) is 51.7 Å². The molecule has 0 saturated carbocycles. The predicted molar refractivity (Wildman–Crippen MR) is 87.2 cm³/mol. The lowest BCUT2D eigenvalue weighted by atomic mass is 10.0. The molecule has 1 N–H and O–H groups in total. The average molecular weight is 306 g/mol. The van der Waals surface area contributed by atoms with Crippen molar-refractivity contribution < 1.29 is 4.39 Å². The van der Waals surface area contributed by atoms with E-state index in [1.54, 1.807) is 23.5 Å². The molecule has 1 unspecified atom stereocenters. The Hall–Kier alpha value is -1.26. The fourth-order valence-electron chi connectivity index (χ4n) is 2.39. The van der Waals surface area contributed by atoms with E-state index in [0.717, 1.165) is 30.1 Å². The molecule has 0 aliphatic rings. The predicted octanol–water partition coefficient (Wildman–Crippen LogP) is 4.65. The van der Waals surface area contributed by atoms with Crippen LogP contribution in [0.15, 0.2) is 29.6 Å². The molecule has 2 nitrogen and oxygen atoms in total. The van der Waals surface area contributed by atoms with Crippen LogP contribution in [0.4, 0.5) is 4.39 Å². The molecule has 2 aromatic rings. The van der Waals surface area contributed by atoms with Crippen molar-refractivity contribution in [1.82, 2.24) is 10.3 Å². The van der Waals surface area contributed by atoms with Gasteiger partial charge in [0.25, 0.3) is 0 Å². The molecular formula is C17H23FN2S. The van der Waals surface area contributed by atoms with Gasteiger partial charge in [-0.15, -0.1) is 11.3 Å². The average Bonchev–Trinajstić information content (AvgIpc) is 2.89. The van der Waals surface area contributed by atoms with Gasteiger partial charge in [-0.3, -0.25) is 0 Å². The normalized spacial score (nSPS) is 12.5. The molecule has 0 saturated heterocycles. The van der Waals surface area contributed by atoms with Crippen molar-refractivity contribution in [2.75, 3.05) is 6.54 Å². The first-order valence-corrected chi connectivity index (χ1v) is 8.47. The summed E-state index contributed by atoms with van der Waals surface area (Å²) in [5.74, 6) is -0.175. The minimum absolute atomic E-state index is 0.175. The molecule has 0 bridgehead atoms. The van der Waals surface area contributed by atoms with E-state index < -0.39 is 0 Å². The summed E-state index contributed by atoms with van der Waals surface area (Å²) in [5, 5.41) is 6.83. The summed E-state index contributed by atoms with van der Waals surface area (Å²) in [6.07, 6.45) is 4.36. The molecule has 4 heteroatoms. The van der Waals surface area contributed by atoms with Gasteiger partial charge in [0.2, 0.25) is 0 Å². The highest BCUT2D eigenvalue weighted by Gasteiger charge is 2.10. The first-order chi connectivity index (χ1) is 10.2. The van der Waals surface area contributed by atoms with E-state index in [4.69, 9.17) is 0 Å². The highest BCUT2D eigenvalue weighted by Crippen LogP contribution is 2.20. The highest BCUT2D eigenvalue weighted by molar-refractivity contribution is 7.09. The topological polar surface area (TPSA) is 24.9 Å². The van der Waals surface area contributed by atoms with Gasteiger partial charge in [0.15, 0.2) is 0 Å². The third kappa shape index (κ3) is 5.21. The molecule has 1 heterocycles. The van der Waals surface area contributed by atoms with Gasteiger partial charge in [0.1, 0.15) is 5.82 Å². The zero-order valence-electron chi connectivity index (χ0n) is 12.7. The van der Waals surface area contributed by atoms with Crippen molar-refractivity contribution >= 4 is 11.3 Å². The third-order valence-corrected chi connectivity index (χ3v) is 4.38. The number of hydrogen-bond acceptors (Lipinski definition) is 3. The van der Waals surface area contributed by atoms with E-state index in [1.165, 1.54) is 18.4 Å². The minimum Gasteiger partial charge on any atom is -0.310 e. The Morgan fingerprint density at radius 1 is 1.29 bits per heavy atom. The molecule has 0 amide bonds.